The van der Waals surface area contributed by atoms with Crippen molar-refractivity contribution >= 4 is 22.5 Å². The highest BCUT2D eigenvalue weighted by molar-refractivity contribution is 5.93. The summed E-state index contributed by atoms with van der Waals surface area (Å²) < 4.78 is 1.89. The van der Waals surface area contributed by atoms with Crippen LogP contribution in [-0.4, -0.2) is 45.2 Å². The van der Waals surface area contributed by atoms with Gasteiger partial charge in [-0.15, -0.1) is 0 Å². The van der Waals surface area contributed by atoms with E-state index in [1.54, 1.807) is 0 Å². The monoisotopic (exact) mass is 441 g/mol. The summed E-state index contributed by atoms with van der Waals surface area (Å²) in [5.41, 5.74) is 7.52. The standard InChI is InChI=1S/C27H31N5O/c1-18-26(23-11-7-8-12-24(23)28-18)21-13-15-31(16-14-21)17-25(33)29-27-19(2)30-32(20(27)3)22-9-5-4-6-10-22/h4-12,21,28H,13-17H2,1-3H3,(H,29,33). The fourth-order valence-corrected chi connectivity index (χ4v) is 5.23. The van der Waals surface area contributed by atoms with Crippen LogP contribution in [0.15, 0.2) is 54.6 Å². The molecule has 0 unspecified atom stereocenters. The number of carbonyl (C=O) groups excluding carboxylic acids is 1. The summed E-state index contributed by atoms with van der Waals surface area (Å²) in [5, 5.41) is 9.10. The zero-order chi connectivity index (χ0) is 22.9. The molecule has 1 fully saturated rings. The minimum Gasteiger partial charge on any atom is -0.358 e. The number of anilines is 1. The van der Waals surface area contributed by atoms with Crippen molar-refractivity contribution in [3.63, 3.8) is 0 Å². The number of aromatic nitrogens is 3. The third-order valence-corrected chi connectivity index (χ3v) is 6.86. The van der Waals surface area contributed by atoms with Crippen molar-refractivity contribution in [2.45, 2.75) is 39.5 Å². The average Bonchev–Trinajstić information content (AvgIpc) is 3.30. The molecule has 2 aromatic carbocycles. The van der Waals surface area contributed by atoms with Gasteiger partial charge < -0.3 is 10.3 Å². The van der Waals surface area contributed by atoms with E-state index in [-0.39, 0.29) is 5.91 Å². The summed E-state index contributed by atoms with van der Waals surface area (Å²) in [7, 11) is 0. The van der Waals surface area contributed by atoms with Crippen LogP contribution < -0.4 is 5.32 Å². The predicted octanol–water partition coefficient (Wildman–Crippen LogP) is 5.10. The number of benzene rings is 2. The molecule has 6 nitrogen and oxygen atoms in total. The van der Waals surface area contributed by atoms with Crippen molar-refractivity contribution in [3.05, 3.63) is 77.2 Å². The molecule has 3 heterocycles. The second-order valence-electron chi connectivity index (χ2n) is 9.10. The topological polar surface area (TPSA) is 66.0 Å². The Morgan fingerprint density at radius 1 is 1.03 bits per heavy atom. The normalized spacial score (nSPS) is 15.2. The summed E-state index contributed by atoms with van der Waals surface area (Å²) >= 11 is 0. The van der Waals surface area contributed by atoms with Gasteiger partial charge in [0.1, 0.15) is 0 Å². The Labute approximate surface area is 194 Å². The van der Waals surface area contributed by atoms with Gasteiger partial charge in [0.15, 0.2) is 0 Å². The van der Waals surface area contributed by atoms with E-state index >= 15 is 0 Å². The van der Waals surface area contributed by atoms with Gasteiger partial charge in [0.25, 0.3) is 0 Å². The van der Waals surface area contributed by atoms with E-state index < -0.39 is 0 Å². The van der Waals surface area contributed by atoms with Crippen molar-refractivity contribution in [3.8, 4) is 5.69 Å². The molecule has 0 bridgehead atoms. The zero-order valence-electron chi connectivity index (χ0n) is 19.6. The Morgan fingerprint density at radius 3 is 2.48 bits per heavy atom. The van der Waals surface area contributed by atoms with Crippen LogP contribution in [0.5, 0.6) is 0 Å². The second kappa shape index (κ2) is 8.87. The smallest absolute Gasteiger partial charge is 0.238 e. The molecule has 5 rings (SSSR count). The van der Waals surface area contributed by atoms with Gasteiger partial charge in [-0.2, -0.15) is 5.10 Å². The van der Waals surface area contributed by atoms with Gasteiger partial charge in [0, 0.05) is 16.6 Å². The maximum absolute atomic E-state index is 12.9. The second-order valence-corrected chi connectivity index (χ2v) is 9.10. The lowest BCUT2D eigenvalue weighted by Gasteiger charge is -2.31. The van der Waals surface area contributed by atoms with Gasteiger partial charge in [0.2, 0.25) is 5.91 Å². The largest absolute Gasteiger partial charge is 0.358 e. The lowest BCUT2D eigenvalue weighted by molar-refractivity contribution is -0.117. The number of rotatable bonds is 5. The SMILES string of the molecule is Cc1nn(-c2ccccc2)c(C)c1NC(=O)CN1CCC(c2c(C)[nH]c3ccccc23)CC1. The third-order valence-electron chi connectivity index (χ3n) is 6.86. The molecular weight excluding hydrogens is 410 g/mol. The Balaban J connectivity index is 1.22. The molecule has 2 N–H and O–H groups in total. The van der Waals surface area contributed by atoms with Crippen molar-refractivity contribution in [1.29, 1.82) is 0 Å². The van der Waals surface area contributed by atoms with E-state index in [4.69, 9.17) is 0 Å². The molecule has 4 aromatic rings. The highest BCUT2D eigenvalue weighted by Gasteiger charge is 2.26. The number of hydrogen-bond acceptors (Lipinski definition) is 3. The molecule has 1 aliphatic rings. The number of para-hydroxylation sites is 2. The van der Waals surface area contributed by atoms with Gasteiger partial charge in [-0.3, -0.25) is 9.69 Å². The number of likely N-dealkylation sites (tertiary alicyclic amines) is 1. The first kappa shape index (κ1) is 21.5. The first-order valence-corrected chi connectivity index (χ1v) is 11.7. The number of H-pyrrole nitrogens is 1. The predicted molar refractivity (Wildman–Crippen MR) is 133 cm³/mol. The van der Waals surface area contributed by atoms with Crippen LogP contribution in [0.4, 0.5) is 5.69 Å². The van der Waals surface area contributed by atoms with Crippen LogP contribution in [0.25, 0.3) is 16.6 Å². The highest BCUT2D eigenvalue weighted by atomic mass is 16.2. The number of fused-ring (bicyclic) bond motifs is 1. The van der Waals surface area contributed by atoms with Crippen LogP contribution in [-0.2, 0) is 4.79 Å². The Hall–Kier alpha value is -3.38. The molecule has 0 radical (unpaired) electrons. The van der Waals surface area contributed by atoms with Crippen LogP contribution >= 0.6 is 0 Å². The lowest BCUT2D eigenvalue weighted by Crippen LogP contribution is -2.38. The van der Waals surface area contributed by atoms with E-state index in [0.717, 1.165) is 48.7 Å². The first-order chi connectivity index (χ1) is 16.0. The molecule has 6 heteroatoms. The van der Waals surface area contributed by atoms with E-state index in [1.165, 1.54) is 22.2 Å². The number of aromatic amines is 1. The van der Waals surface area contributed by atoms with Crippen LogP contribution in [0.2, 0.25) is 0 Å². The Morgan fingerprint density at radius 2 is 1.73 bits per heavy atom. The maximum atomic E-state index is 12.9. The fraction of sp³-hybridized carbons (Fsp3) is 0.333. The Kier molecular flexibility index (Phi) is 5.77. The molecule has 2 aromatic heterocycles. The van der Waals surface area contributed by atoms with E-state index in [9.17, 15) is 4.79 Å². The number of nitrogens with zero attached hydrogens (tertiary/aromatic N) is 3. The van der Waals surface area contributed by atoms with Crippen LogP contribution in [0.3, 0.4) is 0 Å². The molecular formula is C27H31N5O. The van der Waals surface area contributed by atoms with Crippen molar-refractivity contribution in [2.75, 3.05) is 25.0 Å². The number of piperidine rings is 1. The van der Waals surface area contributed by atoms with Crippen molar-refractivity contribution < 1.29 is 4.79 Å². The summed E-state index contributed by atoms with van der Waals surface area (Å²) in [6.07, 6.45) is 2.14. The number of carbonyl (C=O) groups is 1. The summed E-state index contributed by atoms with van der Waals surface area (Å²) in [4.78, 5) is 18.7. The Bertz CT molecular complexity index is 1280. The van der Waals surface area contributed by atoms with Gasteiger partial charge in [-0.05, 0) is 76.4 Å². The lowest BCUT2D eigenvalue weighted by atomic mass is 9.87. The van der Waals surface area contributed by atoms with E-state index in [2.05, 4.69) is 51.5 Å². The molecule has 170 valence electrons. The zero-order valence-corrected chi connectivity index (χ0v) is 19.6. The van der Waals surface area contributed by atoms with Gasteiger partial charge in [0.05, 0.1) is 29.3 Å². The molecule has 1 aliphatic heterocycles. The van der Waals surface area contributed by atoms with Crippen molar-refractivity contribution in [1.82, 2.24) is 19.7 Å². The minimum atomic E-state index is 0.0236. The molecule has 33 heavy (non-hydrogen) atoms. The van der Waals surface area contributed by atoms with E-state index in [0.29, 0.717) is 12.5 Å². The van der Waals surface area contributed by atoms with Crippen LogP contribution in [0.1, 0.15) is 41.4 Å². The molecule has 0 atom stereocenters. The molecule has 0 aliphatic carbocycles. The number of nitrogens with one attached hydrogen (secondary N) is 2. The van der Waals surface area contributed by atoms with Gasteiger partial charge >= 0.3 is 0 Å². The third kappa shape index (κ3) is 4.18. The van der Waals surface area contributed by atoms with Crippen LogP contribution in [0, 0.1) is 20.8 Å². The summed E-state index contributed by atoms with van der Waals surface area (Å²) in [6.45, 7) is 8.38. The summed E-state index contributed by atoms with van der Waals surface area (Å²) in [6, 6.07) is 18.6. The number of amides is 1. The fourth-order valence-electron chi connectivity index (χ4n) is 5.23. The number of hydrogen-bond donors (Lipinski definition) is 2. The molecule has 1 saturated heterocycles. The molecule has 0 spiro atoms. The number of aryl methyl sites for hydroxylation is 2. The summed E-state index contributed by atoms with van der Waals surface area (Å²) in [5.74, 6) is 0.560. The molecule has 1 amide bonds. The minimum absolute atomic E-state index is 0.0236. The van der Waals surface area contributed by atoms with Crippen molar-refractivity contribution in [2.24, 2.45) is 0 Å². The van der Waals surface area contributed by atoms with Gasteiger partial charge in [-0.25, -0.2) is 4.68 Å². The molecule has 0 saturated carbocycles. The quantitative estimate of drug-likeness (QED) is 0.453. The maximum Gasteiger partial charge on any atom is 0.238 e. The highest BCUT2D eigenvalue weighted by Crippen LogP contribution is 2.35. The first-order valence-electron chi connectivity index (χ1n) is 11.7. The van der Waals surface area contributed by atoms with E-state index in [1.807, 2.05) is 48.9 Å². The van der Waals surface area contributed by atoms with Gasteiger partial charge in [-0.1, -0.05) is 36.4 Å². The average molecular weight is 442 g/mol.